The molecule has 4 aliphatic heterocycles. The molecule has 4 saturated heterocycles. The number of benzene rings is 3. The summed E-state index contributed by atoms with van der Waals surface area (Å²) in [6, 6.07) is 29.6. The van der Waals surface area contributed by atoms with Gasteiger partial charge < -0.3 is 67.5 Å². The van der Waals surface area contributed by atoms with Gasteiger partial charge in [0, 0.05) is 24.8 Å². The van der Waals surface area contributed by atoms with E-state index in [2.05, 4.69) is 96.4 Å². The Labute approximate surface area is 609 Å². The van der Waals surface area contributed by atoms with Crippen LogP contribution in [0.3, 0.4) is 0 Å². The Morgan fingerprint density at radius 1 is 0.647 bits per heavy atom. The van der Waals surface area contributed by atoms with Crippen molar-refractivity contribution in [2.45, 2.75) is 305 Å². The van der Waals surface area contributed by atoms with Crippen molar-refractivity contribution in [3.8, 4) is 0 Å². The van der Waals surface area contributed by atoms with Crippen LogP contribution in [0.5, 0.6) is 0 Å². The molecule has 0 radical (unpaired) electrons. The van der Waals surface area contributed by atoms with Gasteiger partial charge in [0.15, 0.2) is 18.4 Å². The average molecular weight is 1410 g/mol. The van der Waals surface area contributed by atoms with E-state index >= 15 is 4.79 Å². The molecule has 0 spiro atoms. The number of carbonyl (C=O) groups excluding carboxylic acids is 3. The van der Waals surface area contributed by atoms with Crippen molar-refractivity contribution >= 4 is 18.0 Å². The second-order valence-corrected chi connectivity index (χ2v) is 35.2. The number of alkyl carbamates (subject to hydrolysis) is 1. The van der Waals surface area contributed by atoms with E-state index in [9.17, 15) is 9.59 Å². The molecule has 9 aliphatic rings. The molecule has 0 aromatic heterocycles. The highest BCUT2D eigenvalue weighted by Gasteiger charge is 2.69. The van der Waals surface area contributed by atoms with Gasteiger partial charge in [-0.05, 0) is 186 Å². The van der Waals surface area contributed by atoms with Crippen molar-refractivity contribution in [1.82, 2.24) is 10.6 Å². The number of carbonyl (C=O) groups is 3. The number of nitrogens with one attached hydrogen (secondary N) is 2. The Morgan fingerprint density at radius 3 is 1.97 bits per heavy atom. The third-order valence-electron chi connectivity index (χ3n) is 26.9. The Morgan fingerprint density at radius 2 is 1.29 bits per heavy atom. The Hall–Kier alpha value is -4.79. The summed E-state index contributed by atoms with van der Waals surface area (Å²) < 4.78 is 82.7. The van der Waals surface area contributed by atoms with E-state index in [0.29, 0.717) is 76.7 Å². The monoisotopic (exact) mass is 1410 g/mol. The van der Waals surface area contributed by atoms with Crippen LogP contribution in [0.25, 0.3) is 0 Å². The number of allylic oxidation sites excluding steroid dienone is 2. The van der Waals surface area contributed by atoms with Crippen LogP contribution < -0.4 is 10.6 Å². The molecule has 8 fully saturated rings. The minimum atomic E-state index is -1.26. The Balaban J connectivity index is 0.837. The lowest BCUT2D eigenvalue weighted by molar-refractivity contribution is -0.354. The fourth-order valence-corrected chi connectivity index (χ4v) is 20.3. The first kappa shape index (κ1) is 76.8. The summed E-state index contributed by atoms with van der Waals surface area (Å²) in [5, 5.41) is 6.25. The third-order valence-corrected chi connectivity index (χ3v) is 26.9. The maximum atomic E-state index is 16.5. The van der Waals surface area contributed by atoms with E-state index in [1.807, 2.05) is 115 Å². The molecule has 0 bridgehead atoms. The van der Waals surface area contributed by atoms with E-state index in [4.69, 9.17) is 56.8 Å². The summed E-state index contributed by atoms with van der Waals surface area (Å²) >= 11 is 0. The molecule has 17 heteroatoms. The highest BCUT2D eigenvalue weighted by atomic mass is 16.8. The quantitative estimate of drug-likeness (QED) is 0.0490. The SMILES string of the molecule is CC[C@]1(C)OC2C(O1)[C@H](OC1C(C)C(NC(=O)CCCCCNC(=O)OC(C)(C)C)[C@H](COCc3ccccc3)O[C@H]1OC(=O)C13CCC(C)(C)CC1C1=CCC4C5(C)CC[C@H](C)C(C)[C@@H]5CC[C@]4(C)[C@]1(C)CC3)O[C@H](C)C2O[C@@H]1OCC(OCc2ccccc2)C(OCc2ccccc2)C1C. The zero-order chi connectivity index (χ0) is 72.6. The van der Waals surface area contributed by atoms with Gasteiger partial charge in [0.1, 0.15) is 42.2 Å². The number of esters is 1. The van der Waals surface area contributed by atoms with Crippen molar-refractivity contribution in [2.75, 3.05) is 19.8 Å². The summed E-state index contributed by atoms with van der Waals surface area (Å²) in [6.07, 6.45) is 6.46. The number of rotatable bonds is 24. The average Bonchev–Trinajstić information content (AvgIpc) is 0.828. The zero-order valence-corrected chi connectivity index (χ0v) is 64.2. The van der Waals surface area contributed by atoms with Crippen LogP contribution in [-0.4, -0.2) is 123 Å². The van der Waals surface area contributed by atoms with Gasteiger partial charge in [0.25, 0.3) is 0 Å². The largest absolute Gasteiger partial charge is 0.444 e. The van der Waals surface area contributed by atoms with Gasteiger partial charge in [-0.3, -0.25) is 9.59 Å². The first-order chi connectivity index (χ1) is 48.6. The van der Waals surface area contributed by atoms with Crippen molar-refractivity contribution in [3.63, 3.8) is 0 Å². The molecule has 14 unspecified atom stereocenters. The molecule has 564 valence electrons. The molecule has 24 atom stereocenters. The molecule has 4 saturated carbocycles. The smallest absolute Gasteiger partial charge is 0.407 e. The van der Waals surface area contributed by atoms with Crippen LogP contribution in [0, 0.1) is 68.5 Å². The predicted octanol–water partition coefficient (Wildman–Crippen LogP) is 16.3. The fourth-order valence-electron chi connectivity index (χ4n) is 20.3. The maximum absolute atomic E-state index is 16.5. The highest BCUT2D eigenvalue weighted by Crippen LogP contribution is 2.75. The zero-order valence-electron chi connectivity index (χ0n) is 64.2. The number of fused-ring (bicyclic) bond motifs is 8. The molecule has 5 aliphatic carbocycles. The van der Waals surface area contributed by atoms with Gasteiger partial charge >= 0.3 is 12.1 Å². The number of unbranched alkanes of at least 4 members (excludes halogenated alkanes) is 2. The van der Waals surface area contributed by atoms with Crippen LogP contribution in [0.4, 0.5) is 4.79 Å². The molecule has 17 nitrogen and oxygen atoms in total. The summed E-state index contributed by atoms with van der Waals surface area (Å²) in [4.78, 5) is 43.5. The Kier molecular flexibility index (Phi) is 23.8. The lowest BCUT2D eigenvalue weighted by Gasteiger charge is -2.70. The normalized spacial score (nSPS) is 40.0. The predicted molar refractivity (Wildman–Crippen MR) is 390 cm³/mol. The molecule has 2 N–H and O–H groups in total. The lowest BCUT2D eigenvalue weighted by atomic mass is 9.34. The van der Waals surface area contributed by atoms with E-state index in [1.165, 1.54) is 31.3 Å². The minimum Gasteiger partial charge on any atom is -0.444 e. The summed E-state index contributed by atoms with van der Waals surface area (Å²) in [7, 11) is 0. The topological polar surface area (TPSA) is 186 Å². The number of hydrogen-bond acceptors (Lipinski definition) is 15. The molecule has 12 rings (SSSR count). The molecule has 4 heterocycles. The van der Waals surface area contributed by atoms with Gasteiger partial charge in [0.2, 0.25) is 12.2 Å². The first-order valence-corrected chi connectivity index (χ1v) is 39.3. The van der Waals surface area contributed by atoms with E-state index < -0.39 is 96.5 Å². The second-order valence-electron chi connectivity index (χ2n) is 35.2. The van der Waals surface area contributed by atoms with E-state index in [1.54, 1.807) is 0 Å². The van der Waals surface area contributed by atoms with E-state index in [-0.39, 0.29) is 71.1 Å². The van der Waals surface area contributed by atoms with Crippen LogP contribution >= 0.6 is 0 Å². The van der Waals surface area contributed by atoms with Crippen molar-refractivity contribution < 1.29 is 71.2 Å². The standard InChI is InChI=1S/C85H124N2O15/c1-16-84(15)100-72-71(98-74-56(5)69(93-50-60-33-25-19-26-34-60)65(52-94-74)92-49-59-31-23-18-24-32-59)57(6)95-76(73(72)101-84)97-70-55(4)68(87-67(88)35-27-20-28-46-86-78(90)102-79(7,8)9)64(51-91-48-58-29-21-17-22-30-58)96-75(70)99-77(89)85-44-42-80(10,11)47-63(85)62-36-37-66-81(12)40-38-53(2)54(3)61(81)39-41-83(66,14)82(62,13)43-45-85/h17-19,21-26,29-34,36,53-57,61,63-66,68-76H,16,20,27-28,35,37-52H2,1-15H3,(H,86,90)(H,87,88)/t53-,54?,55?,56?,57+,61-,63?,64-,65?,66?,68?,69?,70?,71?,72?,73?,74-,75-,76-,81?,82+,83-,84+,85?/m0/s1. The molecule has 3 aromatic carbocycles. The summed E-state index contributed by atoms with van der Waals surface area (Å²) in [5.74, 6) is 0.367. The number of amides is 2. The van der Waals surface area contributed by atoms with Gasteiger partial charge in [-0.15, -0.1) is 0 Å². The van der Waals surface area contributed by atoms with Gasteiger partial charge in [0.05, 0.1) is 56.7 Å². The third kappa shape index (κ3) is 16.2. The van der Waals surface area contributed by atoms with Gasteiger partial charge in [-0.25, -0.2) is 4.79 Å². The van der Waals surface area contributed by atoms with Gasteiger partial charge in [-0.1, -0.05) is 178 Å². The molecular formula is C85H124N2O15. The maximum Gasteiger partial charge on any atom is 0.407 e. The fraction of sp³-hybridized carbons (Fsp3) is 0.729. The molecule has 3 aromatic rings. The number of hydrogen-bond donors (Lipinski definition) is 2. The second kappa shape index (κ2) is 31.6. The van der Waals surface area contributed by atoms with Crippen LogP contribution in [0.1, 0.15) is 217 Å². The minimum absolute atomic E-state index is 0.00318. The summed E-state index contributed by atoms with van der Waals surface area (Å²) in [6.45, 7) is 35.0. The van der Waals surface area contributed by atoms with E-state index in [0.717, 1.165) is 54.2 Å². The Bertz CT molecular complexity index is 3310. The van der Waals surface area contributed by atoms with Crippen LogP contribution in [0.2, 0.25) is 0 Å². The van der Waals surface area contributed by atoms with Crippen molar-refractivity contribution in [2.24, 2.45) is 68.5 Å². The molecule has 2 amide bonds. The molecular weight excluding hydrogens is 1290 g/mol. The summed E-state index contributed by atoms with van der Waals surface area (Å²) in [5.41, 5.74) is 3.38. The molecule has 102 heavy (non-hydrogen) atoms. The van der Waals surface area contributed by atoms with Crippen molar-refractivity contribution in [1.29, 1.82) is 0 Å². The van der Waals surface area contributed by atoms with Crippen molar-refractivity contribution in [3.05, 3.63) is 119 Å². The van der Waals surface area contributed by atoms with Crippen LogP contribution in [0.15, 0.2) is 103 Å². The first-order valence-electron chi connectivity index (χ1n) is 39.3. The van der Waals surface area contributed by atoms with Crippen LogP contribution in [-0.2, 0) is 86.3 Å². The lowest BCUT2D eigenvalue weighted by Crippen LogP contribution is -2.66. The number of ether oxygens (including phenoxy) is 12. The highest BCUT2D eigenvalue weighted by molar-refractivity contribution is 5.79. The van der Waals surface area contributed by atoms with Gasteiger partial charge in [-0.2, -0.15) is 0 Å².